The molecular formula is C29H26Br2. The molecule has 0 radical (unpaired) electrons. The van der Waals surface area contributed by atoms with Gasteiger partial charge in [0.05, 0.1) is 0 Å². The maximum atomic E-state index is 3.95. The van der Waals surface area contributed by atoms with Crippen molar-refractivity contribution in [2.24, 2.45) is 0 Å². The van der Waals surface area contributed by atoms with E-state index in [9.17, 15) is 0 Å². The maximum absolute atomic E-state index is 3.95. The molecule has 0 atom stereocenters. The summed E-state index contributed by atoms with van der Waals surface area (Å²) < 4.78 is 2.32. The summed E-state index contributed by atoms with van der Waals surface area (Å²) in [6, 6.07) is 34.6. The average Bonchev–Trinajstić information content (AvgIpc) is 2.82. The summed E-state index contributed by atoms with van der Waals surface area (Å²) in [5, 5.41) is 0. The summed E-state index contributed by atoms with van der Waals surface area (Å²) in [5.74, 6) is 0. The Morgan fingerprint density at radius 2 is 0.903 bits per heavy atom. The third-order valence-corrected chi connectivity index (χ3v) is 7.68. The Labute approximate surface area is 202 Å². The minimum Gasteiger partial charge on any atom is -0.0642 e. The van der Waals surface area contributed by atoms with Gasteiger partial charge in [0.2, 0.25) is 0 Å². The maximum Gasteiger partial charge on any atom is 0.0232 e. The van der Waals surface area contributed by atoms with Gasteiger partial charge in [0.25, 0.3) is 0 Å². The predicted octanol–water partition coefficient (Wildman–Crippen LogP) is 9.65. The molecule has 4 aromatic carbocycles. The van der Waals surface area contributed by atoms with Crippen molar-refractivity contribution < 1.29 is 0 Å². The highest BCUT2D eigenvalue weighted by Gasteiger charge is 2.38. The van der Waals surface area contributed by atoms with Crippen molar-refractivity contribution in [3.63, 3.8) is 0 Å². The van der Waals surface area contributed by atoms with Gasteiger partial charge in [-0.3, -0.25) is 0 Å². The van der Waals surface area contributed by atoms with E-state index in [1.807, 2.05) is 0 Å². The van der Waals surface area contributed by atoms with E-state index in [2.05, 4.69) is 143 Å². The Morgan fingerprint density at radius 1 is 0.516 bits per heavy atom. The van der Waals surface area contributed by atoms with E-state index >= 15 is 0 Å². The first-order valence-electron chi connectivity index (χ1n) is 10.8. The second-order valence-electron chi connectivity index (χ2n) is 7.85. The van der Waals surface area contributed by atoms with Crippen LogP contribution >= 0.6 is 31.9 Å². The van der Waals surface area contributed by atoms with Crippen LogP contribution in [0.1, 0.15) is 37.8 Å². The zero-order valence-corrected chi connectivity index (χ0v) is 21.1. The number of hydrogen-bond donors (Lipinski definition) is 0. The van der Waals surface area contributed by atoms with E-state index in [1.165, 1.54) is 33.4 Å². The van der Waals surface area contributed by atoms with Crippen LogP contribution in [0.5, 0.6) is 0 Å². The van der Waals surface area contributed by atoms with Crippen LogP contribution in [0.15, 0.2) is 106 Å². The van der Waals surface area contributed by atoms with Gasteiger partial charge in [0, 0.05) is 14.4 Å². The summed E-state index contributed by atoms with van der Waals surface area (Å²) in [6.07, 6.45) is 1.99. The highest BCUT2D eigenvalue weighted by atomic mass is 79.9. The van der Waals surface area contributed by atoms with Gasteiger partial charge in [-0.25, -0.2) is 0 Å². The fourth-order valence-electron chi connectivity index (χ4n) is 4.82. The van der Waals surface area contributed by atoms with Gasteiger partial charge in [-0.2, -0.15) is 0 Å². The summed E-state index contributed by atoms with van der Waals surface area (Å²) in [7, 11) is 0. The van der Waals surface area contributed by atoms with Gasteiger partial charge in [-0.1, -0.05) is 131 Å². The fourth-order valence-corrected chi connectivity index (χ4v) is 6.31. The van der Waals surface area contributed by atoms with Gasteiger partial charge < -0.3 is 0 Å². The predicted molar refractivity (Wildman–Crippen MR) is 141 cm³/mol. The van der Waals surface area contributed by atoms with Crippen molar-refractivity contribution in [1.29, 1.82) is 0 Å². The molecule has 0 heterocycles. The summed E-state index contributed by atoms with van der Waals surface area (Å²) >= 11 is 7.90. The Hall–Kier alpha value is -2.16. The molecule has 31 heavy (non-hydrogen) atoms. The molecule has 0 saturated heterocycles. The van der Waals surface area contributed by atoms with Crippen LogP contribution < -0.4 is 0 Å². The van der Waals surface area contributed by atoms with Gasteiger partial charge in [-0.05, 0) is 58.4 Å². The number of benzene rings is 4. The van der Waals surface area contributed by atoms with Crippen molar-refractivity contribution in [2.75, 3.05) is 0 Å². The molecule has 4 aromatic rings. The lowest BCUT2D eigenvalue weighted by Gasteiger charge is -2.38. The zero-order chi connectivity index (χ0) is 21.8. The number of hydrogen-bond acceptors (Lipinski definition) is 0. The Morgan fingerprint density at radius 3 is 1.26 bits per heavy atom. The molecule has 0 fully saturated rings. The van der Waals surface area contributed by atoms with Crippen molar-refractivity contribution in [3.05, 3.63) is 117 Å². The number of rotatable bonds is 6. The molecule has 0 aromatic heterocycles. The average molecular weight is 534 g/mol. The summed E-state index contributed by atoms with van der Waals surface area (Å²) in [6.45, 7) is 4.62. The first-order valence-corrected chi connectivity index (χ1v) is 12.4. The van der Waals surface area contributed by atoms with Gasteiger partial charge in [-0.15, -0.1) is 0 Å². The molecule has 2 heteroatoms. The third kappa shape index (κ3) is 4.04. The van der Waals surface area contributed by atoms with Crippen molar-refractivity contribution in [2.45, 2.75) is 32.1 Å². The van der Waals surface area contributed by atoms with Crippen molar-refractivity contribution >= 4 is 31.9 Å². The quantitative estimate of drug-likeness (QED) is 0.231. The second kappa shape index (κ2) is 9.54. The number of halogens is 2. The lowest BCUT2D eigenvalue weighted by Crippen LogP contribution is -2.29. The first kappa shape index (κ1) is 22.0. The molecule has 156 valence electrons. The molecule has 0 nitrogen and oxygen atoms in total. The van der Waals surface area contributed by atoms with E-state index in [1.54, 1.807) is 0 Å². The molecule has 4 rings (SSSR count). The first-order chi connectivity index (χ1) is 15.1. The summed E-state index contributed by atoms with van der Waals surface area (Å²) in [4.78, 5) is 0. The van der Waals surface area contributed by atoms with Crippen LogP contribution in [0.4, 0.5) is 0 Å². The highest BCUT2D eigenvalue weighted by Crippen LogP contribution is 2.51. The third-order valence-electron chi connectivity index (χ3n) is 6.36. The van der Waals surface area contributed by atoms with E-state index in [0.717, 1.165) is 21.8 Å². The molecule has 0 aliphatic carbocycles. The smallest absolute Gasteiger partial charge is 0.0232 e. The SMILES string of the molecule is CCC(CC)(c1c(Br)cccc1-c1ccccc1)c1c(Br)cccc1-c1ccccc1. The fraction of sp³-hybridized carbons (Fsp3) is 0.172. The monoisotopic (exact) mass is 532 g/mol. The van der Waals surface area contributed by atoms with E-state index in [0.29, 0.717) is 0 Å². The standard InChI is InChI=1S/C29H26Br2/c1-3-29(4-2,27-23(17-11-19-25(27)30)21-13-7-5-8-14-21)28-24(18-12-20-26(28)31)22-15-9-6-10-16-22/h5-20H,3-4H2,1-2H3. The lowest BCUT2D eigenvalue weighted by atomic mass is 9.66. The molecule has 0 aliphatic heterocycles. The van der Waals surface area contributed by atoms with E-state index in [-0.39, 0.29) is 5.41 Å². The molecule has 0 unspecified atom stereocenters. The minimum atomic E-state index is -0.156. The van der Waals surface area contributed by atoms with Crippen LogP contribution in [0.2, 0.25) is 0 Å². The van der Waals surface area contributed by atoms with Crippen LogP contribution in [-0.2, 0) is 5.41 Å². The molecule has 0 spiro atoms. The molecule has 0 N–H and O–H groups in total. The van der Waals surface area contributed by atoms with Crippen LogP contribution in [-0.4, -0.2) is 0 Å². The molecule has 0 amide bonds. The molecule has 0 saturated carbocycles. The van der Waals surface area contributed by atoms with Gasteiger partial charge in [0.15, 0.2) is 0 Å². The Balaban J connectivity index is 2.08. The molecule has 0 bridgehead atoms. The lowest BCUT2D eigenvalue weighted by molar-refractivity contribution is 0.477. The normalized spacial score (nSPS) is 11.5. The topological polar surface area (TPSA) is 0 Å². The van der Waals surface area contributed by atoms with E-state index < -0.39 is 0 Å². The van der Waals surface area contributed by atoms with Crippen molar-refractivity contribution in [1.82, 2.24) is 0 Å². The van der Waals surface area contributed by atoms with Crippen LogP contribution in [0.25, 0.3) is 22.3 Å². The molecular weight excluding hydrogens is 508 g/mol. The van der Waals surface area contributed by atoms with Crippen LogP contribution in [0, 0.1) is 0 Å². The summed E-state index contributed by atoms with van der Waals surface area (Å²) in [5.41, 5.74) is 7.63. The Bertz CT molecular complexity index is 1070. The zero-order valence-electron chi connectivity index (χ0n) is 17.9. The Kier molecular flexibility index (Phi) is 6.79. The van der Waals surface area contributed by atoms with Crippen LogP contribution in [0.3, 0.4) is 0 Å². The second-order valence-corrected chi connectivity index (χ2v) is 9.55. The van der Waals surface area contributed by atoms with Gasteiger partial charge in [0.1, 0.15) is 0 Å². The highest BCUT2D eigenvalue weighted by molar-refractivity contribution is 9.10. The molecule has 0 aliphatic rings. The van der Waals surface area contributed by atoms with Gasteiger partial charge >= 0.3 is 0 Å². The van der Waals surface area contributed by atoms with E-state index in [4.69, 9.17) is 0 Å². The largest absolute Gasteiger partial charge is 0.0642 e. The van der Waals surface area contributed by atoms with Crippen molar-refractivity contribution in [3.8, 4) is 22.3 Å². The minimum absolute atomic E-state index is 0.156.